The first-order valence-corrected chi connectivity index (χ1v) is 10.2. The van der Waals surface area contributed by atoms with Crippen molar-refractivity contribution in [2.24, 2.45) is 15.0 Å². The Morgan fingerprint density at radius 2 is 0.839 bits per heavy atom. The predicted molar refractivity (Wildman–Crippen MR) is 127 cm³/mol. The molecule has 0 bridgehead atoms. The van der Waals surface area contributed by atoms with Gasteiger partial charge in [0.15, 0.2) is 17.5 Å². The van der Waals surface area contributed by atoms with E-state index in [-0.39, 0.29) is 36.5 Å². The molecule has 0 fully saturated rings. The van der Waals surface area contributed by atoms with Gasteiger partial charge in [0.25, 0.3) is 0 Å². The van der Waals surface area contributed by atoms with E-state index in [1.165, 1.54) is 0 Å². The molecular weight excluding hydrogens is 551 g/mol. The van der Waals surface area contributed by atoms with Crippen molar-refractivity contribution in [3.8, 4) is 0 Å². The molecule has 166 valence electrons. The van der Waals surface area contributed by atoms with E-state index < -0.39 is 0 Å². The number of hydrogen-bond acceptors (Lipinski definition) is 12. The maximum Gasteiger partial charge on any atom is 0.155 e. The van der Waals surface area contributed by atoms with Gasteiger partial charge in [-0.05, 0) is 0 Å². The zero-order valence-electron chi connectivity index (χ0n) is 15.5. The van der Waals surface area contributed by atoms with Crippen LogP contribution < -0.4 is 16.0 Å². The maximum atomic E-state index is 4.20. The fourth-order valence-corrected chi connectivity index (χ4v) is 3.37. The molecule has 16 heteroatoms. The molecule has 0 radical (unpaired) electrons. The molecule has 0 amide bonds. The van der Waals surface area contributed by atoms with Crippen LogP contribution >= 0.6 is 37.9 Å². The van der Waals surface area contributed by atoms with Gasteiger partial charge in [0.2, 0.25) is 0 Å². The van der Waals surface area contributed by atoms with E-state index in [0.29, 0.717) is 0 Å². The van der Waals surface area contributed by atoms with Crippen molar-refractivity contribution in [2.75, 3.05) is 16.0 Å². The summed E-state index contributed by atoms with van der Waals surface area (Å²) in [5.41, 5.74) is 2.77. The quantitative estimate of drug-likeness (QED) is 0.150. The Labute approximate surface area is 207 Å². The first-order valence-electron chi connectivity index (χ1n) is 8.62. The number of nitrogens with zero attached hydrogens (tertiary/aromatic N) is 6. The minimum atomic E-state index is -0.0984. The molecule has 31 heavy (non-hydrogen) atoms. The molecule has 0 spiro atoms. The molecule has 3 unspecified atom stereocenters. The van der Waals surface area contributed by atoms with Gasteiger partial charge in [0.1, 0.15) is 16.1 Å². The summed E-state index contributed by atoms with van der Waals surface area (Å²) in [5.74, 6) is 2.44. The molecule has 6 N–H and O–H groups in total. The molecule has 0 aromatic carbocycles. The number of hydrogen-bond donors (Lipinski definition) is 9. The predicted octanol–water partition coefficient (Wildman–Crippen LogP) is 2.37. The summed E-state index contributed by atoms with van der Waals surface area (Å²) < 4.78 is 0. The van der Waals surface area contributed by atoms with Crippen LogP contribution in [0.2, 0.25) is 0 Å². The molecule has 6 rings (SSSR count). The Morgan fingerprint density at radius 1 is 0.548 bits per heavy atom. The van der Waals surface area contributed by atoms with Crippen LogP contribution in [-0.2, 0) is 20.4 Å². The van der Waals surface area contributed by atoms with Crippen LogP contribution in [0.15, 0.2) is 34.0 Å². The third kappa shape index (κ3) is 5.52. The number of anilines is 3. The molecule has 3 aromatic heterocycles. The molecular formula is C15H18N12PdS3. The summed E-state index contributed by atoms with van der Waals surface area (Å²) in [6.45, 7) is 0. The Morgan fingerprint density at radius 3 is 1.10 bits per heavy atom. The Hall–Kier alpha value is -2.25. The van der Waals surface area contributed by atoms with Crippen LogP contribution in [0, 0.1) is 0 Å². The number of fused-ring (bicyclic) bond motifs is 3. The molecule has 12 nitrogen and oxygen atoms in total. The third-order valence-corrected chi connectivity index (χ3v) is 5.21. The van der Waals surface area contributed by atoms with E-state index in [4.69, 9.17) is 0 Å². The average Bonchev–Trinajstić information content (AvgIpc) is 3.50. The van der Waals surface area contributed by atoms with E-state index in [9.17, 15) is 0 Å². The number of aromatic amines is 3. The average molecular weight is 569 g/mol. The summed E-state index contributed by atoms with van der Waals surface area (Å²) >= 11 is 12.6. The smallest absolute Gasteiger partial charge is 0.155 e. The summed E-state index contributed by atoms with van der Waals surface area (Å²) in [7, 11) is 0. The second-order valence-corrected chi connectivity index (χ2v) is 7.35. The normalized spacial score (nSPS) is 21.2. The van der Waals surface area contributed by atoms with Crippen molar-refractivity contribution < 1.29 is 20.4 Å². The van der Waals surface area contributed by atoms with Crippen LogP contribution in [0.25, 0.3) is 0 Å². The molecule has 3 aliphatic rings. The van der Waals surface area contributed by atoms with Crippen molar-refractivity contribution in [3.05, 3.63) is 36.1 Å². The summed E-state index contributed by atoms with van der Waals surface area (Å²) in [4.78, 5) is 32.8. The summed E-state index contributed by atoms with van der Waals surface area (Å²) in [6, 6.07) is 0. The number of thiol groups is 3. The summed E-state index contributed by atoms with van der Waals surface area (Å²) in [6.07, 6.45) is 9.66. The van der Waals surface area contributed by atoms with Crippen molar-refractivity contribution >= 4 is 74.4 Å². The number of H-pyrrole nitrogens is 3. The van der Waals surface area contributed by atoms with Crippen LogP contribution in [0.4, 0.5) is 17.5 Å². The molecule has 3 aliphatic heterocycles. The Kier molecular flexibility index (Phi) is 8.21. The second-order valence-electron chi connectivity index (χ2n) is 5.88. The largest absolute Gasteiger partial charge is 0.344 e. The molecule has 0 saturated carbocycles. The minimum absolute atomic E-state index is 0. The van der Waals surface area contributed by atoms with Gasteiger partial charge < -0.3 is 30.9 Å². The number of rotatable bonds is 0. The molecule has 0 saturated heterocycles. The SMILES string of the molecule is SC1N=CNc2nc[nH]c21.SC1N=CNc2nc[nH]c21.SC1N=CNc2nc[nH]c21.[Pd]. The fraction of sp³-hybridized carbons (Fsp3) is 0.200. The van der Waals surface area contributed by atoms with Crippen LogP contribution in [0.1, 0.15) is 33.2 Å². The van der Waals surface area contributed by atoms with Gasteiger partial charge in [0.05, 0.1) is 55.1 Å². The van der Waals surface area contributed by atoms with E-state index in [1.54, 1.807) is 38.0 Å². The number of aliphatic imine (C=N–C) groups is 3. The van der Waals surface area contributed by atoms with Crippen molar-refractivity contribution in [1.82, 2.24) is 29.9 Å². The Balaban J connectivity index is 0.000000130. The van der Waals surface area contributed by atoms with E-state index in [2.05, 4.69) is 98.7 Å². The zero-order chi connectivity index (χ0) is 20.9. The third-order valence-electron chi connectivity index (χ3n) is 4.03. The van der Waals surface area contributed by atoms with Crippen molar-refractivity contribution in [2.45, 2.75) is 16.1 Å². The zero-order valence-corrected chi connectivity index (χ0v) is 19.8. The molecule has 3 aromatic rings. The standard InChI is InChI=1S/3C5H6N4S.Pd/c3*10-5-3-4(7-1-6-3)8-2-9-5;/h3*1-2,5,10H,(H,6,7)(H,8,9);. The van der Waals surface area contributed by atoms with Gasteiger partial charge in [-0.2, -0.15) is 0 Å². The van der Waals surface area contributed by atoms with E-state index >= 15 is 0 Å². The molecule has 3 atom stereocenters. The second kappa shape index (κ2) is 10.9. The van der Waals surface area contributed by atoms with Gasteiger partial charge in [0, 0.05) is 20.4 Å². The fourth-order valence-electron chi connectivity index (χ4n) is 2.58. The van der Waals surface area contributed by atoms with E-state index in [0.717, 1.165) is 34.5 Å². The number of aromatic nitrogens is 6. The number of imidazole rings is 3. The van der Waals surface area contributed by atoms with Crippen LogP contribution in [0.5, 0.6) is 0 Å². The first kappa shape index (κ1) is 23.4. The Bertz CT molecular complexity index is 939. The van der Waals surface area contributed by atoms with Gasteiger partial charge in [-0.25, -0.2) is 15.0 Å². The molecule has 0 aliphatic carbocycles. The first-order chi connectivity index (χ1) is 14.6. The van der Waals surface area contributed by atoms with Gasteiger partial charge in [-0.15, -0.1) is 37.9 Å². The van der Waals surface area contributed by atoms with Crippen LogP contribution in [0.3, 0.4) is 0 Å². The van der Waals surface area contributed by atoms with Crippen molar-refractivity contribution in [1.29, 1.82) is 0 Å². The number of nitrogens with one attached hydrogen (secondary N) is 6. The van der Waals surface area contributed by atoms with Crippen LogP contribution in [-0.4, -0.2) is 48.9 Å². The monoisotopic (exact) mass is 568 g/mol. The minimum Gasteiger partial charge on any atom is -0.344 e. The summed E-state index contributed by atoms with van der Waals surface area (Å²) in [5, 5.41) is 8.38. The molecule has 6 heterocycles. The van der Waals surface area contributed by atoms with Gasteiger partial charge in [-0.1, -0.05) is 0 Å². The van der Waals surface area contributed by atoms with Gasteiger partial charge >= 0.3 is 0 Å². The van der Waals surface area contributed by atoms with Gasteiger partial charge in [-0.3, -0.25) is 15.0 Å². The topological polar surface area (TPSA) is 159 Å². The van der Waals surface area contributed by atoms with Crippen molar-refractivity contribution in [3.63, 3.8) is 0 Å². The maximum absolute atomic E-state index is 4.20. The van der Waals surface area contributed by atoms with E-state index in [1.807, 2.05) is 0 Å².